The van der Waals surface area contributed by atoms with Gasteiger partial charge in [0.05, 0.1) is 45.1 Å². The van der Waals surface area contributed by atoms with Crippen molar-refractivity contribution in [3.05, 3.63) is 94.2 Å². The van der Waals surface area contributed by atoms with E-state index in [0.29, 0.717) is 32.5 Å². The number of nitrogens with one attached hydrogen (secondary N) is 2. The molecule has 1 unspecified atom stereocenters. The number of fused-ring (bicyclic) bond motifs is 2. The highest BCUT2D eigenvalue weighted by molar-refractivity contribution is 9.10. The number of carbonyl (C=O) groups is 2. The van der Waals surface area contributed by atoms with Gasteiger partial charge in [-0.25, -0.2) is 0 Å². The number of aliphatic hydroxyl groups excluding tert-OH is 1. The second-order valence-corrected chi connectivity index (χ2v) is 20.8. The highest BCUT2D eigenvalue weighted by Gasteiger charge is 2.66. The van der Waals surface area contributed by atoms with Gasteiger partial charge in [-0.15, -0.1) is 5.10 Å². The number of aryl methyl sites for hydroxylation is 1. The maximum atomic E-state index is 15.2. The summed E-state index contributed by atoms with van der Waals surface area (Å²) in [5.41, 5.74) is 3.07. The second kappa shape index (κ2) is 15.5. The molecule has 4 heterocycles. The Kier molecular flexibility index (Phi) is 10.9. The molecule has 3 aliphatic heterocycles. The number of nitrogens with zero attached hydrogens (tertiary/aromatic N) is 4. The number of ether oxygens (including phenoxy) is 2. The Hall–Kier alpha value is -3.88. The Morgan fingerprint density at radius 1 is 1.15 bits per heavy atom. The number of amides is 2. The van der Waals surface area contributed by atoms with Gasteiger partial charge in [-0.1, -0.05) is 70.6 Å². The first-order valence-corrected chi connectivity index (χ1v) is 22.5. The van der Waals surface area contributed by atoms with Crippen molar-refractivity contribution in [2.75, 3.05) is 37.0 Å². The van der Waals surface area contributed by atoms with Gasteiger partial charge in [-0.05, 0) is 79.4 Å². The van der Waals surface area contributed by atoms with Crippen molar-refractivity contribution in [1.82, 2.24) is 20.3 Å². The van der Waals surface area contributed by atoms with Crippen LogP contribution in [-0.2, 0) is 39.4 Å². The molecule has 11 nitrogen and oxygen atoms in total. The van der Waals surface area contributed by atoms with Crippen molar-refractivity contribution < 1.29 is 24.2 Å². The quantitative estimate of drug-likeness (QED) is 0.163. The molecular formula is C40H49BrN6O5Si. The molecule has 13 heteroatoms. The van der Waals surface area contributed by atoms with E-state index in [1.54, 1.807) is 7.11 Å². The molecule has 2 amide bonds. The molecule has 2 saturated heterocycles. The molecule has 3 aliphatic rings. The Morgan fingerprint density at radius 3 is 2.62 bits per heavy atom. The maximum absolute atomic E-state index is 15.2. The number of aromatic nitrogens is 3. The van der Waals surface area contributed by atoms with E-state index in [1.807, 2.05) is 64.3 Å². The van der Waals surface area contributed by atoms with Gasteiger partial charge < -0.3 is 30.1 Å². The van der Waals surface area contributed by atoms with E-state index < -0.39 is 13.7 Å². The smallest absolute Gasteiger partial charge is 0.264 e. The van der Waals surface area contributed by atoms with Crippen molar-refractivity contribution >= 4 is 52.4 Å². The average Bonchev–Trinajstić information content (AvgIpc) is 3.81. The van der Waals surface area contributed by atoms with E-state index in [4.69, 9.17) is 9.47 Å². The van der Waals surface area contributed by atoms with Gasteiger partial charge in [-0.2, -0.15) is 0 Å². The molecule has 3 N–H and O–H groups in total. The fourth-order valence-corrected chi connectivity index (χ4v) is 13.3. The first kappa shape index (κ1) is 37.4. The van der Waals surface area contributed by atoms with Crippen molar-refractivity contribution in [2.24, 2.45) is 11.8 Å². The minimum Gasteiger partial charge on any atom is -0.497 e. The lowest BCUT2D eigenvalue weighted by molar-refractivity contribution is -0.146. The van der Waals surface area contributed by atoms with E-state index in [9.17, 15) is 9.90 Å². The molecule has 3 aromatic carbocycles. The number of rotatable bonds is 12. The standard InChI is InChI=1S/C40H49BrN6O5Si/c1-26-37(53(3,4)33-14-12-32(51-2)13-15-33)36(17-20-46-25-31(18-21-48)44-45-46)52-40(26)34-22-29(41)9-16-35(34)47(39(40)50)24-27-7-10-30(11-8-27)43-38(49)28-6-5-19-42-23-28/h7-16,22,25-26,28,36-37,42,48H,5-6,17-21,23-24H2,1-4H3,(H,43,49)/t26-,28?,36+,37-,40+/m1/s1. The van der Waals surface area contributed by atoms with Crippen LogP contribution in [0.2, 0.25) is 18.6 Å². The normalized spacial score (nSPS) is 24.1. The second-order valence-electron chi connectivity index (χ2n) is 15.2. The van der Waals surface area contributed by atoms with Gasteiger partial charge in [0.25, 0.3) is 5.91 Å². The Labute approximate surface area is 320 Å². The number of aliphatic hydroxyl groups is 1. The Bertz CT molecular complexity index is 1930. The van der Waals surface area contributed by atoms with Crippen LogP contribution in [0, 0.1) is 11.8 Å². The fraction of sp³-hybridized carbons (Fsp3) is 0.450. The minimum absolute atomic E-state index is 0.0147. The van der Waals surface area contributed by atoms with Crippen LogP contribution in [0.3, 0.4) is 0 Å². The van der Waals surface area contributed by atoms with Crippen LogP contribution in [0.4, 0.5) is 11.4 Å². The Balaban J connectivity index is 1.19. The lowest BCUT2D eigenvalue weighted by atomic mass is 9.82. The van der Waals surface area contributed by atoms with E-state index in [0.717, 1.165) is 57.8 Å². The Morgan fingerprint density at radius 2 is 1.92 bits per heavy atom. The summed E-state index contributed by atoms with van der Waals surface area (Å²) >= 11 is 3.71. The largest absolute Gasteiger partial charge is 0.497 e. The van der Waals surface area contributed by atoms with E-state index in [1.165, 1.54) is 5.19 Å². The third-order valence-corrected chi connectivity index (χ3v) is 16.5. The summed E-state index contributed by atoms with van der Waals surface area (Å²) in [4.78, 5) is 29.9. The number of methoxy groups -OCH3 is 1. The number of hydrogen-bond donors (Lipinski definition) is 3. The predicted octanol–water partition coefficient (Wildman–Crippen LogP) is 5.38. The van der Waals surface area contributed by atoms with Crippen molar-refractivity contribution in [3.63, 3.8) is 0 Å². The third-order valence-electron chi connectivity index (χ3n) is 11.6. The van der Waals surface area contributed by atoms with Crippen molar-refractivity contribution in [2.45, 2.75) is 76.0 Å². The summed E-state index contributed by atoms with van der Waals surface area (Å²) in [6.45, 7) is 9.56. The van der Waals surface area contributed by atoms with Crippen LogP contribution in [0.1, 0.15) is 43.0 Å². The first-order valence-electron chi connectivity index (χ1n) is 18.6. The van der Waals surface area contributed by atoms with Gasteiger partial charge in [0.15, 0.2) is 5.60 Å². The van der Waals surface area contributed by atoms with Crippen LogP contribution in [0.15, 0.2) is 77.4 Å². The third kappa shape index (κ3) is 7.21. The predicted molar refractivity (Wildman–Crippen MR) is 211 cm³/mol. The molecule has 0 saturated carbocycles. The summed E-state index contributed by atoms with van der Waals surface area (Å²) in [5.74, 6) is 0.613. The number of piperidine rings is 1. The molecular weight excluding hydrogens is 752 g/mol. The molecule has 4 aromatic rings. The monoisotopic (exact) mass is 800 g/mol. The molecule has 7 rings (SSSR count). The lowest BCUT2D eigenvalue weighted by Crippen LogP contribution is -2.51. The molecule has 0 bridgehead atoms. The highest BCUT2D eigenvalue weighted by Crippen LogP contribution is 2.60. The summed E-state index contributed by atoms with van der Waals surface area (Å²) in [5, 5.41) is 25.6. The summed E-state index contributed by atoms with van der Waals surface area (Å²) in [7, 11) is -0.644. The van der Waals surface area contributed by atoms with Crippen molar-refractivity contribution in [1.29, 1.82) is 0 Å². The zero-order valence-electron chi connectivity index (χ0n) is 30.8. The van der Waals surface area contributed by atoms with Crippen LogP contribution in [0.25, 0.3) is 0 Å². The zero-order chi connectivity index (χ0) is 37.3. The van der Waals surface area contributed by atoms with Gasteiger partial charge in [0.1, 0.15) is 5.75 Å². The summed E-state index contributed by atoms with van der Waals surface area (Å²) in [6.07, 6.45) is 4.62. The van der Waals surface area contributed by atoms with Gasteiger partial charge in [-0.3, -0.25) is 14.3 Å². The lowest BCUT2D eigenvalue weighted by Gasteiger charge is -2.37. The van der Waals surface area contributed by atoms with Gasteiger partial charge in [0, 0.05) is 54.0 Å². The molecule has 53 heavy (non-hydrogen) atoms. The number of hydrogen-bond acceptors (Lipinski definition) is 8. The molecule has 280 valence electrons. The topological polar surface area (TPSA) is 131 Å². The SMILES string of the molecule is COc1ccc([Si](C)(C)[C@H]2[C@H](CCn3cc(CCO)nn3)O[C@@]3(C(=O)N(Cc4ccc(NC(=O)C5CCCNC5)cc4)c4ccc(Br)cc43)[C@@H]2C)cc1. The average molecular weight is 802 g/mol. The molecule has 0 radical (unpaired) electrons. The van der Waals surface area contributed by atoms with Gasteiger partial charge >= 0.3 is 0 Å². The van der Waals surface area contributed by atoms with Crippen LogP contribution in [0.5, 0.6) is 5.75 Å². The maximum Gasteiger partial charge on any atom is 0.264 e. The highest BCUT2D eigenvalue weighted by atomic mass is 79.9. The van der Waals surface area contributed by atoms with E-state index in [-0.39, 0.29) is 41.9 Å². The fourth-order valence-electron chi connectivity index (χ4n) is 8.85. The number of carbonyl (C=O) groups excluding carboxylic acids is 2. The number of anilines is 2. The van der Waals surface area contributed by atoms with Crippen LogP contribution >= 0.6 is 15.9 Å². The zero-order valence-corrected chi connectivity index (χ0v) is 33.4. The summed E-state index contributed by atoms with van der Waals surface area (Å²) < 4.78 is 15.5. The number of halogens is 1. The van der Waals surface area contributed by atoms with Crippen molar-refractivity contribution in [3.8, 4) is 5.75 Å². The molecule has 1 spiro atoms. The molecule has 0 aliphatic carbocycles. The van der Waals surface area contributed by atoms with E-state index in [2.05, 4.69) is 75.1 Å². The minimum atomic E-state index is -2.32. The first-order chi connectivity index (χ1) is 25.5. The number of benzene rings is 3. The molecule has 5 atom stereocenters. The van der Waals surface area contributed by atoms with E-state index >= 15 is 4.79 Å². The molecule has 2 fully saturated rings. The van der Waals surface area contributed by atoms with Gasteiger partial charge in [0.2, 0.25) is 5.91 Å². The molecule has 1 aromatic heterocycles. The van der Waals surface area contributed by atoms with Crippen LogP contribution < -0.4 is 25.5 Å². The summed E-state index contributed by atoms with van der Waals surface area (Å²) in [6, 6.07) is 22.2. The van der Waals surface area contributed by atoms with Crippen LogP contribution in [-0.4, -0.2) is 72.9 Å².